The van der Waals surface area contributed by atoms with E-state index in [2.05, 4.69) is 12.1 Å². The van der Waals surface area contributed by atoms with Gasteiger partial charge in [-0.05, 0) is 11.6 Å². The fraction of sp³-hybridized carbons (Fsp3) is 0.250. The Morgan fingerprint density at radius 1 is 1.14 bits per heavy atom. The van der Waals surface area contributed by atoms with Crippen molar-refractivity contribution in [3.05, 3.63) is 60.4 Å². The van der Waals surface area contributed by atoms with E-state index in [0.29, 0.717) is 5.75 Å². The van der Waals surface area contributed by atoms with Gasteiger partial charge in [-0.3, -0.25) is 0 Å². The van der Waals surface area contributed by atoms with Crippen LogP contribution in [0.3, 0.4) is 0 Å². The molecule has 21 heavy (non-hydrogen) atoms. The third-order valence-corrected chi connectivity index (χ3v) is 2.90. The molecule has 4 nitrogen and oxygen atoms in total. The number of carbonyl (C=O) groups excluding carboxylic acids is 1. The predicted octanol–water partition coefficient (Wildman–Crippen LogP) is -0.719. The van der Waals surface area contributed by atoms with E-state index < -0.39 is 0 Å². The zero-order chi connectivity index (χ0) is 14.4. The lowest BCUT2D eigenvalue weighted by Gasteiger charge is -2.09. The largest absolute Gasteiger partial charge is 1.00 e. The zero-order valence-electron chi connectivity index (χ0n) is 12.2. The number of pyridine rings is 1. The van der Waals surface area contributed by atoms with Gasteiger partial charge in [0.2, 0.25) is 6.20 Å². The van der Waals surface area contributed by atoms with Crippen LogP contribution in [0.5, 0.6) is 5.75 Å². The maximum Gasteiger partial charge on any atom is 0.414 e. The summed E-state index contributed by atoms with van der Waals surface area (Å²) < 4.78 is 7.25. The summed E-state index contributed by atoms with van der Waals surface area (Å²) in [5.74, 6) is 0.555. The summed E-state index contributed by atoms with van der Waals surface area (Å²) in [5, 5.41) is 0. The van der Waals surface area contributed by atoms with Gasteiger partial charge in [-0.2, -0.15) is 0 Å². The van der Waals surface area contributed by atoms with Crippen molar-refractivity contribution in [2.24, 2.45) is 0 Å². The molecule has 112 valence electrons. The van der Waals surface area contributed by atoms with Crippen LogP contribution in [0.15, 0.2) is 54.9 Å². The summed E-state index contributed by atoms with van der Waals surface area (Å²) in [5.41, 5.74) is 1.29. The molecule has 0 N–H and O–H groups in total. The van der Waals surface area contributed by atoms with Crippen LogP contribution in [-0.2, 0) is 13.0 Å². The third-order valence-electron chi connectivity index (χ3n) is 2.90. The number of hydrogen-bond donors (Lipinski definition) is 0. The van der Waals surface area contributed by atoms with Gasteiger partial charge >= 0.3 is 6.09 Å². The molecule has 0 radical (unpaired) electrons. The summed E-state index contributed by atoms with van der Waals surface area (Å²) in [6.45, 7) is 0.845. The molecule has 0 spiro atoms. The van der Waals surface area contributed by atoms with Gasteiger partial charge in [0.15, 0.2) is 18.5 Å². The van der Waals surface area contributed by atoms with Crippen molar-refractivity contribution in [3.8, 4) is 5.75 Å². The fourth-order valence-corrected chi connectivity index (χ4v) is 1.79. The van der Waals surface area contributed by atoms with E-state index in [-0.39, 0.29) is 23.1 Å². The first kappa shape index (κ1) is 17.2. The summed E-state index contributed by atoms with van der Waals surface area (Å²) in [6.07, 6.45) is 4.38. The van der Waals surface area contributed by atoms with Crippen LogP contribution in [-0.4, -0.2) is 25.1 Å². The van der Waals surface area contributed by atoms with Crippen molar-refractivity contribution < 1.29 is 31.1 Å². The molecule has 0 fully saturated rings. The van der Waals surface area contributed by atoms with E-state index in [4.69, 9.17) is 4.74 Å². The van der Waals surface area contributed by atoms with Crippen molar-refractivity contribution in [1.82, 2.24) is 4.90 Å². The molecule has 5 heteroatoms. The molecule has 0 saturated carbocycles. The lowest BCUT2D eigenvalue weighted by Crippen LogP contribution is -3.00. The maximum absolute atomic E-state index is 11.5. The standard InChI is InChI=1S/C16H19N2O2.BrH/c1-17(2)16(19)20-15-9-6-11-18(13-15)12-10-14-7-4-3-5-8-14;/h3-9,11,13H,10,12H2,1-2H3;1H/q+1;/p-1. The quantitative estimate of drug-likeness (QED) is 0.682. The van der Waals surface area contributed by atoms with Gasteiger partial charge in [0.1, 0.15) is 0 Å². The molecule has 0 aliphatic carbocycles. The van der Waals surface area contributed by atoms with E-state index in [1.54, 1.807) is 20.2 Å². The van der Waals surface area contributed by atoms with Gasteiger partial charge in [-0.15, -0.1) is 0 Å². The van der Waals surface area contributed by atoms with Gasteiger partial charge in [0.05, 0.1) is 0 Å². The summed E-state index contributed by atoms with van der Waals surface area (Å²) in [6, 6.07) is 14.0. The smallest absolute Gasteiger partial charge is 0.414 e. The van der Waals surface area contributed by atoms with Crippen LogP contribution >= 0.6 is 0 Å². The molecule has 1 aromatic carbocycles. The van der Waals surface area contributed by atoms with Gasteiger partial charge in [-0.1, -0.05) is 30.3 Å². The van der Waals surface area contributed by atoms with E-state index in [0.717, 1.165) is 13.0 Å². The highest BCUT2D eigenvalue weighted by Gasteiger charge is 2.10. The number of ether oxygens (including phenoxy) is 1. The van der Waals surface area contributed by atoms with Crippen molar-refractivity contribution in [1.29, 1.82) is 0 Å². The summed E-state index contributed by atoms with van der Waals surface area (Å²) in [7, 11) is 3.32. The molecule has 1 aromatic heterocycles. The minimum atomic E-state index is -0.370. The molecule has 1 heterocycles. The Balaban J connectivity index is 0.00000220. The number of nitrogens with zero attached hydrogens (tertiary/aromatic N) is 2. The highest BCUT2D eigenvalue weighted by atomic mass is 79.9. The second-order valence-electron chi connectivity index (χ2n) is 4.78. The minimum Gasteiger partial charge on any atom is -1.00 e. The van der Waals surface area contributed by atoms with Gasteiger partial charge in [0, 0.05) is 26.6 Å². The van der Waals surface area contributed by atoms with Crippen molar-refractivity contribution in [3.63, 3.8) is 0 Å². The van der Waals surface area contributed by atoms with E-state index >= 15 is 0 Å². The number of aromatic nitrogens is 1. The molecule has 0 unspecified atom stereocenters. The van der Waals surface area contributed by atoms with E-state index in [1.165, 1.54) is 10.5 Å². The Bertz CT molecular complexity index is 573. The molecule has 0 saturated heterocycles. The molecule has 0 atom stereocenters. The van der Waals surface area contributed by atoms with Gasteiger partial charge in [-0.25, -0.2) is 9.36 Å². The molecule has 0 bridgehead atoms. The Labute approximate surface area is 135 Å². The number of halogens is 1. The lowest BCUT2D eigenvalue weighted by atomic mass is 10.1. The molecular weight excluding hydrogens is 332 g/mol. The van der Waals surface area contributed by atoms with Crippen molar-refractivity contribution in [2.45, 2.75) is 13.0 Å². The second kappa shape index (κ2) is 8.42. The predicted molar refractivity (Wildman–Crippen MR) is 76.5 cm³/mol. The lowest BCUT2D eigenvalue weighted by molar-refractivity contribution is -0.696. The molecule has 1 amide bonds. The molecule has 0 aliphatic heterocycles. The van der Waals surface area contributed by atoms with Crippen molar-refractivity contribution in [2.75, 3.05) is 14.1 Å². The topological polar surface area (TPSA) is 33.4 Å². The molecular formula is C16H19BrN2O2. The van der Waals surface area contributed by atoms with Crippen molar-refractivity contribution >= 4 is 6.09 Å². The molecule has 2 rings (SSSR count). The Morgan fingerprint density at radius 3 is 2.52 bits per heavy atom. The second-order valence-corrected chi connectivity index (χ2v) is 4.78. The number of benzene rings is 1. The van der Waals surface area contributed by atoms with Crippen LogP contribution in [0, 0.1) is 0 Å². The SMILES string of the molecule is CN(C)C(=O)Oc1ccc[n+](CCc2ccccc2)c1.[Br-]. The molecule has 2 aromatic rings. The average Bonchev–Trinajstić information content (AvgIpc) is 2.46. The first-order valence-corrected chi connectivity index (χ1v) is 6.57. The Morgan fingerprint density at radius 2 is 1.86 bits per heavy atom. The average molecular weight is 351 g/mol. The summed E-state index contributed by atoms with van der Waals surface area (Å²) >= 11 is 0. The van der Waals surface area contributed by atoms with E-state index in [9.17, 15) is 4.79 Å². The van der Waals surface area contributed by atoms with E-state index in [1.807, 2.05) is 41.2 Å². The third kappa shape index (κ3) is 5.55. The van der Waals surface area contributed by atoms with Gasteiger partial charge in [0.25, 0.3) is 0 Å². The molecule has 0 aliphatic rings. The van der Waals surface area contributed by atoms with Crippen LogP contribution in [0.1, 0.15) is 5.56 Å². The number of rotatable bonds is 4. The van der Waals surface area contributed by atoms with Gasteiger partial charge < -0.3 is 26.6 Å². The first-order chi connectivity index (χ1) is 9.65. The zero-order valence-corrected chi connectivity index (χ0v) is 13.8. The number of hydrogen-bond acceptors (Lipinski definition) is 2. The highest BCUT2D eigenvalue weighted by Crippen LogP contribution is 2.07. The van der Waals surface area contributed by atoms with Crippen LogP contribution < -0.4 is 26.3 Å². The summed E-state index contributed by atoms with van der Waals surface area (Å²) in [4.78, 5) is 12.9. The minimum absolute atomic E-state index is 0. The first-order valence-electron chi connectivity index (χ1n) is 6.57. The number of carbonyl (C=O) groups is 1. The number of amides is 1. The number of aryl methyl sites for hydroxylation is 2. The Hall–Kier alpha value is -1.88. The maximum atomic E-state index is 11.5. The highest BCUT2D eigenvalue weighted by molar-refractivity contribution is 5.69. The normalized spacial score (nSPS) is 9.62. The van der Waals surface area contributed by atoms with Crippen LogP contribution in [0.4, 0.5) is 4.79 Å². The van der Waals surface area contributed by atoms with Crippen LogP contribution in [0.2, 0.25) is 0 Å². The van der Waals surface area contributed by atoms with Crippen LogP contribution in [0.25, 0.3) is 0 Å². The monoisotopic (exact) mass is 350 g/mol. The fourth-order valence-electron chi connectivity index (χ4n) is 1.79. The Kier molecular flexibility index (Phi) is 6.88.